The molecule has 0 heterocycles. The maximum absolute atomic E-state index is 11.3. The Morgan fingerprint density at radius 2 is 1.56 bits per heavy atom. The molecule has 2 bridgehead atoms. The number of ketones is 1. The van der Waals surface area contributed by atoms with Crippen LogP contribution in [0.4, 0.5) is 0 Å². The van der Waals surface area contributed by atoms with Crippen LogP contribution in [0.15, 0.2) is 11.1 Å². The average Bonchev–Trinajstić information content (AvgIpc) is 2.99. The number of hydrogen-bond donors (Lipinski definition) is 1. The van der Waals surface area contributed by atoms with Gasteiger partial charge in [-0.25, -0.2) is 0 Å². The molecule has 5 atom stereocenters. The van der Waals surface area contributed by atoms with E-state index in [0.717, 1.165) is 49.9 Å². The van der Waals surface area contributed by atoms with E-state index >= 15 is 0 Å². The van der Waals surface area contributed by atoms with Crippen molar-refractivity contribution in [2.45, 2.75) is 57.5 Å². The van der Waals surface area contributed by atoms with E-state index in [1.807, 2.05) is 0 Å². The van der Waals surface area contributed by atoms with Crippen LogP contribution in [0.5, 0.6) is 0 Å². The van der Waals surface area contributed by atoms with Gasteiger partial charge in [0.1, 0.15) is 5.78 Å². The number of aliphatic hydroxyl groups excluding tert-OH is 1. The monoisotopic (exact) mass is 246 g/mol. The fourth-order valence-corrected chi connectivity index (χ4v) is 5.31. The number of carbonyl (C=O) groups excluding carboxylic acids is 1. The van der Waals surface area contributed by atoms with E-state index in [4.69, 9.17) is 0 Å². The molecule has 98 valence electrons. The quantitative estimate of drug-likeness (QED) is 0.667. The van der Waals surface area contributed by atoms with Gasteiger partial charge in [-0.3, -0.25) is 4.79 Å². The Balaban J connectivity index is 1.54. The second-order valence-electron chi connectivity index (χ2n) is 6.94. The van der Waals surface area contributed by atoms with Crippen molar-refractivity contribution in [3.8, 4) is 0 Å². The summed E-state index contributed by atoms with van der Waals surface area (Å²) in [5.74, 6) is 3.51. The van der Waals surface area contributed by atoms with Gasteiger partial charge in [0.15, 0.2) is 0 Å². The van der Waals surface area contributed by atoms with Gasteiger partial charge in [0, 0.05) is 12.8 Å². The molecule has 0 aliphatic heterocycles. The third-order valence-corrected chi connectivity index (χ3v) is 6.19. The van der Waals surface area contributed by atoms with Gasteiger partial charge < -0.3 is 5.11 Å². The largest absolute Gasteiger partial charge is 0.393 e. The second kappa shape index (κ2) is 3.93. The SMILES string of the molecule is O=C1CCC(=C2C[C@@H]3[C@H](C2)[C@@H]2C[C@H]3[C@H](O)C2)CC1. The molecule has 4 fully saturated rings. The lowest BCUT2D eigenvalue weighted by molar-refractivity contribution is -0.119. The Labute approximate surface area is 108 Å². The molecule has 0 aromatic rings. The minimum absolute atomic E-state index is 0.00599. The number of fused-ring (bicyclic) bond motifs is 5. The maximum atomic E-state index is 11.3. The molecule has 4 saturated carbocycles. The molecule has 0 aromatic carbocycles. The Kier molecular flexibility index (Phi) is 2.45. The zero-order valence-corrected chi connectivity index (χ0v) is 10.9. The number of aliphatic hydroxyl groups is 1. The summed E-state index contributed by atoms with van der Waals surface area (Å²) >= 11 is 0. The molecule has 2 nitrogen and oxygen atoms in total. The van der Waals surface area contributed by atoms with Crippen LogP contribution in [0.2, 0.25) is 0 Å². The Morgan fingerprint density at radius 1 is 0.833 bits per heavy atom. The van der Waals surface area contributed by atoms with Gasteiger partial charge in [-0.15, -0.1) is 0 Å². The van der Waals surface area contributed by atoms with Gasteiger partial charge in [-0.05, 0) is 62.2 Å². The van der Waals surface area contributed by atoms with Crippen molar-refractivity contribution in [3.63, 3.8) is 0 Å². The molecule has 0 radical (unpaired) electrons. The summed E-state index contributed by atoms with van der Waals surface area (Å²) in [6, 6.07) is 0. The zero-order valence-electron chi connectivity index (χ0n) is 10.9. The smallest absolute Gasteiger partial charge is 0.133 e. The molecule has 1 N–H and O–H groups in total. The Morgan fingerprint density at radius 3 is 2.33 bits per heavy atom. The summed E-state index contributed by atoms with van der Waals surface area (Å²) < 4.78 is 0. The molecule has 18 heavy (non-hydrogen) atoms. The van der Waals surface area contributed by atoms with Crippen molar-refractivity contribution in [1.82, 2.24) is 0 Å². The van der Waals surface area contributed by atoms with Crippen molar-refractivity contribution in [2.75, 3.05) is 0 Å². The fraction of sp³-hybridized carbons (Fsp3) is 0.812. The lowest BCUT2D eigenvalue weighted by atomic mass is 9.80. The van der Waals surface area contributed by atoms with Crippen molar-refractivity contribution < 1.29 is 9.90 Å². The molecule has 4 aliphatic rings. The number of Topliss-reactive ketones (excluding diaryl/α,β-unsaturated/α-hetero) is 1. The summed E-state index contributed by atoms with van der Waals surface area (Å²) in [4.78, 5) is 11.3. The number of allylic oxidation sites excluding steroid dienone is 2. The van der Waals surface area contributed by atoms with Crippen molar-refractivity contribution in [3.05, 3.63) is 11.1 Å². The zero-order chi connectivity index (χ0) is 12.3. The third kappa shape index (κ3) is 1.54. The predicted molar refractivity (Wildman–Crippen MR) is 68.9 cm³/mol. The summed E-state index contributed by atoms with van der Waals surface area (Å²) in [7, 11) is 0. The van der Waals surface area contributed by atoms with Crippen LogP contribution in [0.3, 0.4) is 0 Å². The summed E-state index contributed by atoms with van der Waals surface area (Å²) in [5.41, 5.74) is 3.29. The molecule has 0 unspecified atom stereocenters. The molecule has 0 amide bonds. The van der Waals surface area contributed by atoms with Crippen LogP contribution in [0.25, 0.3) is 0 Å². The molecule has 0 spiro atoms. The molecule has 4 rings (SSSR count). The van der Waals surface area contributed by atoms with Gasteiger partial charge in [0.05, 0.1) is 6.10 Å². The molecule has 0 saturated heterocycles. The van der Waals surface area contributed by atoms with Crippen LogP contribution in [0.1, 0.15) is 51.4 Å². The average molecular weight is 246 g/mol. The summed E-state index contributed by atoms with van der Waals surface area (Å²) in [5, 5.41) is 10.0. The highest BCUT2D eigenvalue weighted by atomic mass is 16.3. The van der Waals surface area contributed by atoms with Gasteiger partial charge in [-0.1, -0.05) is 11.1 Å². The molecule has 4 aliphatic carbocycles. The fourth-order valence-electron chi connectivity index (χ4n) is 5.31. The third-order valence-electron chi connectivity index (χ3n) is 6.19. The van der Waals surface area contributed by atoms with Crippen LogP contribution < -0.4 is 0 Å². The highest BCUT2D eigenvalue weighted by Crippen LogP contribution is 2.60. The van der Waals surface area contributed by atoms with E-state index in [0.29, 0.717) is 11.7 Å². The number of carbonyl (C=O) groups is 1. The normalized spacial score (nSPS) is 46.9. The molecular formula is C16H22O2. The van der Waals surface area contributed by atoms with Gasteiger partial charge >= 0.3 is 0 Å². The first-order valence-electron chi connectivity index (χ1n) is 7.62. The lowest BCUT2D eigenvalue weighted by Crippen LogP contribution is -2.27. The van der Waals surface area contributed by atoms with Crippen LogP contribution in [-0.4, -0.2) is 17.0 Å². The highest BCUT2D eigenvalue weighted by Gasteiger charge is 2.54. The lowest BCUT2D eigenvalue weighted by Gasteiger charge is -2.27. The Bertz CT molecular complexity index is 411. The second-order valence-corrected chi connectivity index (χ2v) is 6.94. The molecule has 2 heteroatoms. The number of rotatable bonds is 0. The topological polar surface area (TPSA) is 37.3 Å². The van der Waals surface area contributed by atoms with E-state index in [9.17, 15) is 9.90 Å². The van der Waals surface area contributed by atoms with E-state index in [2.05, 4.69) is 0 Å². The number of hydrogen-bond acceptors (Lipinski definition) is 2. The van der Waals surface area contributed by atoms with Crippen molar-refractivity contribution >= 4 is 5.78 Å². The highest BCUT2D eigenvalue weighted by molar-refractivity contribution is 5.80. The minimum atomic E-state index is -0.00599. The van der Waals surface area contributed by atoms with Gasteiger partial charge in [-0.2, -0.15) is 0 Å². The predicted octanol–water partition coefficient (Wildman–Crippen LogP) is 2.85. The van der Waals surface area contributed by atoms with Crippen LogP contribution >= 0.6 is 0 Å². The summed E-state index contributed by atoms with van der Waals surface area (Å²) in [6.45, 7) is 0. The minimum Gasteiger partial charge on any atom is -0.393 e. The standard InChI is InChI=1S/C16H22O2/c17-12-3-1-9(2-4-12)10-5-13-11-7-15(14(13)6-10)16(18)8-11/h11,13-16,18H,1-8H2/t11-,13-,14-,15-,16-/m1/s1. The summed E-state index contributed by atoms with van der Waals surface area (Å²) in [6.07, 6.45) is 8.51. The first-order chi connectivity index (χ1) is 8.72. The first kappa shape index (κ1) is 11.2. The van der Waals surface area contributed by atoms with E-state index in [1.165, 1.54) is 19.3 Å². The van der Waals surface area contributed by atoms with E-state index < -0.39 is 0 Å². The van der Waals surface area contributed by atoms with Gasteiger partial charge in [0.2, 0.25) is 0 Å². The van der Waals surface area contributed by atoms with Crippen LogP contribution in [-0.2, 0) is 4.79 Å². The van der Waals surface area contributed by atoms with E-state index in [1.54, 1.807) is 11.1 Å². The first-order valence-corrected chi connectivity index (χ1v) is 7.62. The van der Waals surface area contributed by atoms with E-state index in [-0.39, 0.29) is 6.10 Å². The van der Waals surface area contributed by atoms with Gasteiger partial charge in [0.25, 0.3) is 0 Å². The van der Waals surface area contributed by atoms with Crippen molar-refractivity contribution in [1.29, 1.82) is 0 Å². The molecular weight excluding hydrogens is 224 g/mol. The van der Waals surface area contributed by atoms with Crippen molar-refractivity contribution in [2.24, 2.45) is 23.7 Å². The Hall–Kier alpha value is -0.630. The van der Waals surface area contributed by atoms with Crippen LogP contribution in [0, 0.1) is 23.7 Å². The molecule has 0 aromatic heterocycles. The maximum Gasteiger partial charge on any atom is 0.133 e.